The second-order valence-corrected chi connectivity index (χ2v) is 5.97. The van der Waals surface area contributed by atoms with Crippen LogP contribution in [0.25, 0.3) is 11.1 Å². The topological polar surface area (TPSA) is 33.0 Å². The molecule has 0 bridgehead atoms. The van der Waals surface area contributed by atoms with Crippen LogP contribution < -0.4 is 9.88 Å². The predicted octanol–water partition coefficient (Wildman–Crippen LogP) is 3.61. The van der Waals surface area contributed by atoms with Gasteiger partial charge in [-0.2, -0.15) is 4.57 Å². The van der Waals surface area contributed by atoms with Crippen molar-refractivity contribution in [3.63, 3.8) is 0 Å². The lowest BCUT2D eigenvalue weighted by Gasteiger charge is -2.04. The van der Waals surface area contributed by atoms with Crippen molar-refractivity contribution in [2.24, 2.45) is 0 Å². The Bertz CT molecular complexity index is 817. The molecular weight excluding hydrogens is 320 g/mol. The molecule has 0 spiro atoms. The molecule has 3 aromatic rings. The van der Waals surface area contributed by atoms with Gasteiger partial charge in [0.2, 0.25) is 6.54 Å². The van der Waals surface area contributed by atoms with E-state index in [9.17, 15) is 4.79 Å². The second-order valence-electron chi connectivity index (χ2n) is 5.53. The zero-order valence-electron chi connectivity index (χ0n) is 13.2. The number of carbonyl (C=O) groups is 1. The number of amides is 1. The van der Waals surface area contributed by atoms with Gasteiger partial charge in [-0.05, 0) is 29.3 Å². The molecule has 24 heavy (non-hydrogen) atoms. The number of aromatic nitrogens is 1. The van der Waals surface area contributed by atoms with Crippen molar-refractivity contribution in [3.8, 4) is 11.1 Å². The summed E-state index contributed by atoms with van der Waals surface area (Å²) >= 11 is 5.86. The molecule has 4 heteroatoms. The fourth-order valence-corrected chi connectivity index (χ4v) is 2.57. The highest BCUT2D eigenvalue weighted by Gasteiger charge is 2.10. The van der Waals surface area contributed by atoms with Crippen molar-refractivity contribution < 1.29 is 9.36 Å². The zero-order chi connectivity index (χ0) is 16.8. The van der Waals surface area contributed by atoms with Crippen LogP contribution in [0.1, 0.15) is 5.56 Å². The van der Waals surface area contributed by atoms with Crippen LogP contribution in [0.2, 0.25) is 5.02 Å². The fourth-order valence-electron chi connectivity index (χ4n) is 2.45. The molecule has 2 aromatic carbocycles. The Hall–Kier alpha value is -2.65. The van der Waals surface area contributed by atoms with E-state index in [2.05, 4.69) is 17.4 Å². The lowest BCUT2D eigenvalue weighted by atomic mass is 10.1. The summed E-state index contributed by atoms with van der Waals surface area (Å²) in [5.41, 5.74) is 3.24. The maximum Gasteiger partial charge on any atom is 0.286 e. The minimum Gasteiger partial charge on any atom is -0.347 e. The highest BCUT2D eigenvalue weighted by atomic mass is 35.5. The molecule has 0 unspecified atom stereocenters. The average Bonchev–Trinajstić information content (AvgIpc) is 2.62. The minimum atomic E-state index is -0.0276. The molecule has 1 aromatic heterocycles. The molecule has 1 heterocycles. The van der Waals surface area contributed by atoms with E-state index >= 15 is 0 Å². The van der Waals surface area contributed by atoms with E-state index in [0.29, 0.717) is 11.6 Å². The Balaban J connectivity index is 1.61. The Morgan fingerprint density at radius 1 is 0.917 bits per heavy atom. The number of hydrogen-bond donors (Lipinski definition) is 1. The number of nitrogens with zero attached hydrogens (tertiary/aromatic N) is 1. The van der Waals surface area contributed by atoms with Crippen LogP contribution in [0, 0.1) is 0 Å². The van der Waals surface area contributed by atoms with Crippen LogP contribution >= 0.6 is 11.6 Å². The summed E-state index contributed by atoms with van der Waals surface area (Å²) in [6.07, 6.45) is 3.88. The van der Waals surface area contributed by atoms with Gasteiger partial charge < -0.3 is 5.32 Å². The van der Waals surface area contributed by atoms with Crippen molar-refractivity contribution in [2.45, 2.75) is 13.1 Å². The highest BCUT2D eigenvalue weighted by molar-refractivity contribution is 6.30. The molecule has 0 aliphatic rings. The van der Waals surface area contributed by atoms with Crippen molar-refractivity contribution in [3.05, 3.63) is 89.7 Å². The molecule has 0 saturated heterocycles. The second kappa shape index (κ2) is 7.75. The minimum absolute atomic E-state index is 0.0276. The molecule has 3 rings (SSSR count). The van der Waals surface area contributed by atoms with Crippen LogP contribution in [-0.2, 0) is 17.9 Å². The van der Waals surface area contributed by atoms with Gasteiger partial charge in [-0.15, -0.1) is 0 Å². The van der Waals surface area contributed by atoms with Crippen molar-refractivity contribution in [1.29, 1.82) is 0 Å². The fraction of sp³-hybridized carbons (Fsp3) is 0.100. The summed E-state index contributed by atoms with van der Waals surface area (Å²) in [7, 11) is 0. The molecule has 1 N–H and O–H groups in total. The van der Waals surface area contributed by atoms with Crippen LogP contribution in [0.4, 0.5) is 0 Å². The van der Waals surface area contributed by atoms with Crippen molar-refractivity contribution >= 4 is 17.5 Å². The number of pyridine rings is 1. The Morgan fingerprint density at radius 3 is 2.38 bits per heavy atom. The molecule has 0 aliphatic carbocycles. The van der Waals surface area contributed by atoms with Gasteiger partial charge >= 0.3 is 0 Å². The first-order valence-electron chi connectivity index (χ1n) is 7.76. The Kier molecular flexibility index (Phi) is 5.24. The van der Waals surface area contributed by atoms with Gasteiger partial charge in [-0.3, -0.25) is 4.79 Å². The molecule has 0 radical (unpaired) electrons. The third-order valence-corrected chi connectivity index (χ3v) is 3.95. The summed E-state index contributed by atoms with van der Waals surface area (Å²) in [6, 6.07) is 21.6. The van der Waals surface area contributed by atoms with Gasteiger partial charge in [0.25, 0.3) is 5.91 Å². The normalized spacial score (nSPS) is 10.4. The first-order valence-corrected chi connectivity index (χ1v) is 8.14. The van der Waals surface area contributed by atoms with E-state index in [-0.39, 0.29) is 12.5 Å². The van der Waals surface area contributed by atoms with Crippen molar-refractivity contribution in [2.75, 3.05) is 0 Å². The van der Waals surface area contributed by atoms with Crippen LogP contribution in [0.3, 0.4) is 0 Å². The third kappa shape index (κ3) is 4.43. The quantitative estimate of drug-likeness (QED) is 0.709. The smallest absolute Gasteiger partial charge is 0.286 e. The molecule has 1 amide bonds. The SMILES string of the molecule is O=C(C[n+]1cccc(-c2ccccc2)c1)NCc1ccc(Cl)cc1. The molecule has 0 atom stereocenters. The first kappa shape index (κ1) is 16.2. The number of halogens is 1. The maximum absolute atomic E-state index is 12.1. The summed E-state index contributed by atoms with van der Waals surface area (Å²) in [5, 5.41) is 3.62. The largest absolute Gasteiger partial charge is 0.347 e. The maximum atomic E-state index is 12.1. The van der Waals surface area contributed by atoms with E-state index in [1.165, 1.54) is 0 Å². The average molecular weight is 338 g/mol. The predicted molar refractivity (Wildman–Crippen MR) is 95.4 cm³/mol. The van der Waals surface area contributed by atoms with Crippen LogP contribution in [0.5, 0.6) is 0 Å². The molecular formula is C20H18ClN2O+. The van der Waals surface area contributed by atoms with Gasteiger partial charge in [0, 0.05) is 23.2 Å². The highest BCUT2D eigenvalue weighted by Crippen LogP contribution is 2.16. The number of rotatable bonds is 5. The van der Waals surface area contributed by atoms with E-state index in [1.807, 2.05) is 71.6 Å². The van der Waals surface area contributed by atoms with Gasteiger partial charge in [0.15, 0.2) is 12.4 Å². The number of hydrogen-bond acceptors (Lipinski definition) is 1. The molecule has 0 aliphatic heterocycles. The zero-order valence-corrected chi connectivity index (χ0v) is 13.9. The summed E-state index contributed by atoms with van der Waals surface area (Å²) in [4.78, 5) is 12.1. The van der Waals surface area contributed by atoms with Crippen LogP contribution in [-0.4, -0.2) is 5.91 Å². The molecule has 0 saturated carbocycles. The standard InChI is InChI=1S/C20H17ClN2O/c21-19-10-8-16(9-11-19)13-22-20(24)15-23-12-4-7-18(14-23)17-5-2-1-3-6-17/h1-12,14H,13,15H2/p+1. The summed E-state index contributed by atoms with van der Waals surface area (Å²) in [5.74, 6) is -0.0276. The van der Waals surface area contributed by atoms with Crippen molar-refractivity contribution in [1.82, 2.24) is 5.32 Å². The Morgan fingerprint density at radius 2 is 1.62 bits per heavy atom. The molecule has 3 nitrogen and oxygen atoms in total. The van der Waals surface area contributed by atoms with Gasteiger partial charge in [-0.25, -0.2) is 0 Å². The number of carbonyl (C=O) groups excluding carboxylic acids is 1. The lowest BCUT2D eigenvalue weighted by Crippen LogP contribution is -2.42. The van der Waals surface area contributed by atoms with E-state index in [0.717, 1.165) is 16.7 Å². The van der Waals surface area contributed by atoms with E-state index in [1.54, 1.807) is 0 Å². The summed E-state index contributed by atoms with van der Waals surface area (Å²) in [6.45, 7) is 0.781. The van der Waals surface area contributed by atoms with Gasteiger partial charge in [0.05, 0.1) is 0 Å². The third-order valence-electron chi connectivity index (χ3n) is 3.69. The van der Waals surface area contributed by atoms with Gasteiger partial charge in [-0.1, -0.05) is 54.1 Å². The Labute approximate surface area is 146 Å². The molecule has 120 valence electrons. The molecule has 0 fully saturated rings. The van der Waals surface area contributed by atoms with Crippen LogP contribution in [0.15, 0.2) is 79.1 Å². The lowest BCUT2D eigenvalue weighted by molar-refractivity contribution is -0.684. The van der Waals surface area contributed by atoms with E-state index in [4.69, 9.17) is 11.6 Å². The first-order chi connectivity index (χ1) is 11.7. The van der Waals surface area contributed by atoms with Gasteiger partial charge in [0.1, 0.15) is 0 Å². The van der Waals surface area contributed by atoms with E-state index < -0.39 is 0 Å². The monoisotopic (exact) mass is 337 g/mol. The number of benzene rings is 2. The number of nitrogens with one attached hydrogen (secondary N) is 1. The summed E-state index contributed by atoms with van der Waals surface area (Å²) < 4.78 is 1.89.